The number of hydrogen-bond donors (Lipinski definition) is 0. The van der Waals surface area contributed by atoms with Crippen LogP contribution in [0.3, 0.4) is 0 Å². The molecule has 2 aliphatic carbocycles. The Balaban J connectivity index is 1.81. The van der Waals surface area contributed by atoms with Crippen LogP contribution < -0.4 is 9.47 Å². The van der Waals surface area contributed by atoms with Crippen LogP contribution in [0.15, 0.2) is 29.4 Å². The van der Waals surface area contributed by atoms with E-state index in [-0.39, 0.29) is 23.5 Å². The maximum atomic E-state index is 9.05. The maximum absolute atomic E-state index is 9.05. The first kappa shape index (κ1) is 14.2. The van der Waals surface area contributed by atoms with Crippen molar-refractivity contribution in [3.8, 4) is 11.5 Å². The van der Waals surface area contributed by atoms with Gasteiger partial charge in [-0.05, 0) is 49.7 Å². The van der Waals surface area contributed by atoms with Gasteiger partial charge in [-0.2, -0.15) is 0 Å². The summed E-state index contributed by atoms with van der Waals surface area (Å²) < 4.78 is 12.0. The smallest absolute Gasteiger partial charge is 0.166 e. The lowest BCUT2D eigenvalue weighted by Gasteiger charge is -2.57. The molecule has 2 aliphatic heterocycles. The zero-order valence-electron chi connectivity index (χ0n) is 13.8. The third-order valence-electron chi connectivity index (χ3n) is 6.56. The Morgan fingerprint density at radius 1 is 1.42 bits per heavy atom. The highest BCUT2D eigenvalue weighted by atomic mass is 16.5. The van der Waals surface area contributed by atoms with Crippen molar-refractivity contribution in [2.24, 2.45) is 11.0 Å². The molecule has 1 spiro atoms. The molecule has 0 N–H and O–H groups in total. The highest BCUT2D eigenvalue weighted by Crippen LogP contribution is 2.62. The summed E-state index contributed by atoms with van der Waals surface area (Å²) in [6.07, 6.45) is 6.14. The van der Waals surface area contributed by atoms with Crippen molar-refractivity contribution < 1.29 is 9.47 Å². The van der Waals surface area contributed by atoms with E-state index in [4.69, 9.17) is 15.0 Å². The van der Waals surface area contributed by atoms with Crippen LogP contribution in [-0.4, -0.2) is 43.8 Å². The zero-order chi connectivity index (χ0) is 16.5. The Morgan fingerprint density at radius 3 is 3.08 bits per heavy atom. The predicted octanol–water partition coefficient (Wildman–Crippen LogP) is 2.82. The van der Waals surface area contributed by atoms with E-state index in [0.717, 1.165) is 30.9 Å². The minimum absolute atomic E-state index is 0.00851. The summed E-state index contributed by atoms with van der Waals surface area (Å²) in [5.41, 5.74) is 11.6. The first-order chi connectivity index (χ1) is 11.7. The summed E-state index contributed by atoms with van der Waals surface area (Å²) in [4.78, 5) is 5.55. The lowest BCUT2D eigenvalue weighted by Crippen LogP contribution is -2.65. The largest absolute Gasteiger partial charge is 0.493 e. The average Bonchev–Trinajstić information content (AvgIpc) is 2.93. The Hall–Kier alpha value is -2.17. The highest BCUT2D eigenvalue weighted by molar-refractivity contribution is 5.62. The molecular formula is C18H20N4O2. The number of nitrogens with zero attached hydrogens (tertiary/aromatic N) is 4. The summed E-state index contributed by atoms with van der Waals surface area (Å²) in [6, 6.07) is 4.46. The van der Waals surface area contributed by atoms with E-state index in [2.05, 4.69) is 34.1 Å². The molecule has 0 amide bonds. The van der Waals surface area contributed by atoms with Gasteiger partial charge < -0.3 is 14.4 Å². The molecule has 124 valence electrons. The van der Waals surface area contributed by atoms with Crippen molar-refractivity contribution in [2.75, 3.05) is 20.7 Å². The van der Waals surface area contributed by atoms with Crippen LogP contribution in [0.1, 0.15) is 17.5 Å². The third kappa shape index (κ3) is 1.48. The fraction of sp³-hybridized carbons (Fsp3) is 0.556. The minimum Gasteiger partial charge on any atom is -0.493 e. The molecule has 1 aromatic carbocycles. The molecule has 24 heavy (non-hydrogen) atoms. The number of azide groups is 1. The van der Waals surface area contributed by atoms with Gasteiger partial charge in [0.1, 0.15) is 6.10 Å². The molecule has 0 radical (unpaired) electrons. The number of methoxy groups -OCH3 is 1. The summed E-state index contributed by atoms with van der Waals surface area (Å²) >= 11 is 0. The van der Waals surface area contributed by atoms with Gasteiger partial charge in [0.25, 0.3) is 0 Å². The second kappa shape index (κ2) is 4.68. The second-order valence-corrected chi connectivity index (χ2v) is 7.32. The van der Waals surface area contributed by atoms with Gasteiger partial charge in [0, 0.05) is 27.8 Å². The molecule has 2 bridgehead atoms. The monoisotopic (exact) mass is 324 g/mol. The lowest BCUT2D eigenvalue weighted by molar-refractivity contribution is -0.0115. The number of likely N-dealkylation sites (N-methyl/N-ethyl adjacent to an activating group) is 1. The molecule has 1 fully saturated rings. The molecule has 1 aromatic rings. The fourth-order valence-electron chi connectivity index (χ4n) is 5.63. The van der Waals surface area contributed by atoms with Gasteiger partial charge in [-0.3, -0.25) is 0 Å². The highest BCUT2D eigenvalue weighted by Gasteiger charge is 2.64. The van der Waals surface area contributed by atoms with E-state index in [1.165, 1.54) is 11.1 Å². The van der Waals surface area contributed by atoms with Gasteiger partial charge in [-0.1, -0.05) is 17.3 Å². The Bertz CT molecular complexity index is 800. The van der Waals surface area contributed by atoms with E-state index < -0.39 is 0 Å². The summed E-state index contributed by atoms with van der Waals surface area (Å²) in [6.45, 7) is 1.04. The number of benzene rings is 1. The molecule has 5 atom stereocenters. The van der Waals surface area contributed by atoms with Gasteiger partial charge in [0.15, 0.2) is 11.5 Å². The van der Waals surface area contributed by atoms with E-state index in [1.54, 1.807) is 7.11 Å². The maximum Gasteiger partial charge on any atom is 0.166 e. The summed E-state index contributed by atoms with van der Waals surface area (Å²) in [5.74, 6) is 1.96. The van der Waals surface area contributed by atoms with Gasteiger partial charge in [-0.25, -0.2) is 0 Å². The number of likely N-dealkylation sites (tertiary alicyclic amines) is 1. The van der Waals surface area contributed by atoms with Gasteiger partial charge in [0.2, 0.25) is 0 Å². The van der Waals surface area contributed by atoms with Crippen LogP contribution in [0.25, 0.3) is 10.4 Å². The molecule has 5 rings (SSSR count). The third-order valence-corrected chi connectivity index (χ3v) is 6.56. The van der Waals surface area contributed by atoms with Crippen LogP contribution >= 0.6 is 0 Å². The Labute approximate surface area is 140 Å². The van der Waals surface area contributed by atoms with Crippen molar-refractivity contribution in [2.45, 2.75) is 36.4 Å². The first-order valence-corrected chi connectivity index (χ1v) is 8.50. The van der Waals surface area contributed by atoms with Crippen LogP contribution in [0.5, 0.6) is 11.5 Å². The Kier molecular flexibility index (Phi) is 2.77. The van der Waals surface area contributed by atoms with Crippen molar-refractivity contribution in [1.29, 1.82) is 0 Å². The van der Waals surface area contributed by atoms with E-state index >= 15 is 0 Å². The fourth-order valence-corrected chi connectivity index (χ4v) is 5.63. The van der Waals surface area contributed by atoms with E-state index in [1.807, 2.05) is 12.1 Å². The number of hydrogen-bond acceptors (Lipinski definition) is 4. The van der Waals surface area contributed by atoms with Gasteiger partial charge in [0.05, 0.1) is 13.2 Å². The van der Waals surface area contributed by atoms with Crippen LogP contribution in [0, 0.1) is 5.92 Å². The first-order valence-electron chi connectivity index (χ1n) is 8.50. The molecule has 1 saturated heterocycles. The SMILES string of the molecule is COc1ccc2c3c1O[C@H]1C=C[C@H](N=[N+]=[N-])[C@H]4[C@@H](C2)N(C)CC[C@@]341. The number of rotatable bonds is 2. The Morgan fingerprint density at radius 2 is 2.29 bits per heavy atom. The molecule has 6 heteroatoms. The van der Waals surface area contributed by atoms with E-state index in [9.17, 15) is 0 Å². The quantitative estimate of drug-likeness (QED) is 0.363. The second-order valence-electron chi connectivity index (χ2n) is 7.32. The molecular weight excluding hydrogens is 304 g/mol. The van der Waals surface area contributed by atoms with E-state index in [0.29, 0.717) is 6.04 Å². The molecule has 4 aliphatic rings. The lowest BCUT2D eigenvalue weighted by atomic mass is 9.52. The standard InChI is InChI=1S/C18H20N4O2/c1-22-8-7-18-14-6-4-11(20-21-19)16(18)12(22)9-10-3-5-13(23-2)17(24-14)15(10)18/h3-6,11-12,14,16H,7-9H2,1-2H3/t11-,12+,14-,16-,18+/m0/s1. The molecule has 0 unspecified atom stereocenters. The van der Waals surface area contributed by atoms with Gasteiger partial charge >= 0.3 is 0 Å². The predicted molar refractivity (Wildman–Crippen MR) is 89.4 cm³/mol. The molecule has 2 heterocycles. The van der Waals surface area contributed by atoms with Crippen molar-refractivity contribution in [3.63, 3.8) is 0 Å². The van der Waals surface area contributed by atoms with Crippen LogP contribution in [0.2, 0.25) is 0 Å². The van der Waals surface area contributed by atoms with Crippen molar-refractivity contribution >= 4 is 0 Å². The van der Waals surface area contributed by atoms with Gasteiger partial charge in [-0.15, -0.1) is 0 Å². The number of piperidine rings is 1. The van der Waals surface area contributed by atoms with Crippen molar-refractivity contribution in [1.82, 2.24) is 4.90 Å². The topological polar surface area (TPSA) is 70.5 Å². The van der Waals surface area contributed by atoms with Crippen LogP contribution in [0.4, 0.5) is 0 Å². The number of ether oxygens (including phenoxy) is 2. The van der Waals surface area contributed by atoms with Crippen LogP contribution in [-0.2, 0) is 11.8 Å². The van der Waals surface area contributed by atoms with Crippen molar-refractivity contribution in [3.05, 3.63) is 45.9 Å². The molecule has 0 aromatic heterocycles. The zero-order valence-corrected chi connectivity index (χ0v) is 13.8. The summed E-state index contributed by atoms with van der Waals surface area (Å²) in [5, 5.41) is 4.13. The minimum atomic E-state index is -0.118. The molecule has 0 saturated carbocycles. The molecule has 6 nitrogen and oxygen atoms in total. The summed E-state index contributed by atoms with van der Waals surface area (Å²) in [7, 11) is 3.88. The normalized spacial score (nSPS) is 38.1. The average molecular weight is 324 g/mol.